The second-order valence-electron chi connectivity index (χ2n) is 5.46. The van der Waals surface area contributed by atoms with Gasteiger partial charge in [-0.05, 0) is 51.4 Å². The number of aryl methyl sites for hydroxylation is 1. The summed E-state index contributed by atoms with van der Waals surface area (Å²) in [5, 5.41) is 9.20. The van der Waals surface area contributed by atoms with Gasteiger partial charge in [-0.2, -0.15) is 5.26 Å². The van der Waals surface area contributed by atoms with Crippen molar-refractivity contribution >= 4 is 28.5 Å². The molecule has 1 heterocycles. The van der Waals surface area contributed by atoms with Crippen molar-refractivity contribution in [2.75, 3.05) is 6.26 Å². The normalized spacial score (nSPS) is 13.6. The zero-order valence-electron chi connectivity index (χ0n) is 12.8. The van der Waals surface area contributed by atoms with Crippen LogP contribution in [0.25, 0.3) is 0 Å². The zero-order chi connectivity index (χ0) is 15.2. The Hall–Kier alpha value is -1.06. The van der Waals surface area contributed by atoms with Crippen molar-refractivity contribution < 1.29 is 0 Å². The molecule has 0 bridgehead atoms. The summed E-state index contributed by atoms with van der Waals surface area (Å²) in [6, 6.07) is 0. The SMILES string of the molecule is CCCCc1cn(C(C)(C)C)sc1=NC(=NC#N)SC. The molecule has 0 atom stereocenters. The first-order valence-electron chi connectivity index (χ1n) is 6.70. The van der Waals surface area contributed by atoms with Crippen molar-refractivity contribution in [1.82, 2.24) is 3.96 Å². The molecule has 0 unspecified atom stereocenters. The van der Waals surface area contributed by atoms with Crippen LogP contribution in [-0.4, -0.2) is 15.4 Å². The highest BCUT2D eigenvalue weighted by Gasteiger charge is 2.15. The lowest BCUT2D eigenvalue weighted by atomic mass is 10.1. The summed E-state index contributed by atoms with van der Waals surface area (Å²) in [5.74, 6) is 0. The van der Waals surface area contributed by atoms with E-state index in [2.05, 4.69) is 47.8 Å². The Bertz CT molecular complexity index is 567. The summed E-state index contributed by atoms with van der Waals surface area (Å²) in [6.45, 7) is 8.71. The molecule has 0 spiro atoms. The van der Waals surface area contributed by atoms with Crippen molar-refractivity contribution in [2.24, 2.45) is 9.98 Å². The lowest BCUT2D eigenvalue weighted by Crippen LogP contribution is -2.18. The summed E-state index contributed by atoms with van der Waals surface area (Å²) >= 11 is 3.03. The van der Waals surface area contributed by atoms with Crippen LogP contribution in [-0.2, 0) is 12.0 Å². The Morgan fingerprint density at radius 2 is 2.20 bits per heavy atom. The molecule has 0 aliphatic carbocycles. The van der Waals surface area contributed by atoms with Crippen molar-refractivity contribution in [3.05, 3.63) is 16.4 Å². The maximum absolute atomic E-state index is 8.68. The van der Waals surface area contributed by atoms with Crippen LogP contribution in [0.5, 0.6) is 0 Å². The van der Waals surface area contributed by atoms with E-state index in [-0.39, 0.29) is 5.54 Å². The Morgan fingerprint density at radius 3 is 2.70 bits per heavy atom. The quantitative estimate of drug-likeness (QED) is 0.485. The van der Waals surface area contributed by atoms with Gasteiger partial charge in [0.2, 0.25) is 6.19 Å². The van der Waals surface area contributed by atoms with Crippen LogP contribution in [0.15, 0.2) is 16.2 Å². The summed E-state index contributed by atoms with van der Waals surface area (Å²) in [7, 11) is 0. The average molecular weight is 310 g/mol. The van der Waals surface area contributed by atoms with Gasteiger partial charge < -0.3 is 0 Å². The van der Waals surface area contributed by atoms with Crippen LogP contribution in [0, 0.1) is 11.5 Å². The number of hydrogen-bond acceptors (Lipinski definition) is 4. The molecule has 20 heavy (non-hydrogen) atoms. The first-order valence-corrected chi connectivity index (χ1v) is 8.70. The molecule has 4 nitrogen and oxygen atoms in total. The van der Waals surface area contributed by atoms with E-state index in [1.54, 1.807) is 11.5 Å². The maximum Gasteiger partial charge on any atom is 0.208 e. The number of nitriles is 1. The monoisotopic (exact) mass is 310 g/mol. The molecule has 0 fully saturated rings. The molecular weight excluding hydrogens is 288 g/mol. The molecule has 0 aliphatic heterocycles. The molecule has 1 rings (SSSR count). The highest BCUT2D eigenvalue weighted by Crippen LogP contribution is 2.18. The molecule has 6 heteroatoms. The Kier molecular flexibility index (Phi) is 6.50. The van der Waals surface area contributed by atoms with Crippen molar-refractivity contribution in [2.45, 2.75) is 52.5 Å². The number of unbranched alkanes of at least 4 members (excludes halogenated alkanes) is 1. The smallest absolute Gasteiger partial charge is 0.208 e. The molecule has 0 saturated heterocycles. The molecule has 1 aromatic heterocycles. The van der Waals surface area contributed by atoms with Gasteiger partial charge in [0.05, 0.1) is 0 Å². The van der Waals surface area contributed by atoms with E-state index in [0.29, 0.717) is 5.17 Å². The summed E-state index contributed by atoms with van der Waals surface area (Å²) in [5.41, 5.74) is 1.29. The number of aromatic nitrogens is 1. The minimum Gasteiger partial charge on any atom is -0.298 e. The van der Waals surface area contributed by atoms with Gasteiger partial charge in [-0.25, -0.2) is 4.99 Å². The molecular formula is C14H22N4S2. The fraction of sp³-hybridized carbons (Fsp3) is 0.643. The highest BCUT2D eigenvalue weighted by atomic mass is 32.2. The van der Waals surface area contributed by atoms with Crippen LogP contribution in [0.1, 0.15) is 46.1 Å². The lowest BCUT2D eigenvalue weighted by molar-refractivity contribution is 0.427. The number of nitrogens with zero attached hydrogens (tertiary/aromatic N) is 4. The fourth-order valence-electron chi connectivity index (χ4n) is 1.58. The number of rotatable bonds is 3. The third kappa shape index (κ3) is 4.80. The third-order valence-electron chi connectivity index (χ3n) is 2.72. The molecule has 0 aromatic carbocycles. The molecule has 0 aliphatic rings. The van der Waals surface area contributed by atoms with E-state index in [9.17, 15) is 0 Å². The van der Waals surface area contributed by atoms with E-state index in [0.717, 1.165) is 23.9 Å². The van der Waals surface area contributed by atoms with E-state index in [1.807, 2.05) is 12.4 Å². The van der Waals surface area contributed by atoms with E-state index in [1.165, 1.54) is 17.3 Å². The zero-order valence-corrected chi connectivity index (χ0v) is 14.4. The van der Waals surface area contributed by atoms with Crippen LogP contribution in [0.3, 0.4) is 0 Å². The van der Waals surface area contributed by atoms with Gasteiger partial charge in [0.1, 0.15) is 4.67 Å². The van der Waals surface area contributed by atoms with Gasteiger partial charge in [-0.15, -0.1) is 4.99 Å². The van der Waals surface area contributed by atoms with Crippen LogP contribution in [0.4, 0.5) is 0 Å². The van der Waals surface area contributed by atoms with Gasteiger partial charge in [-0.3, -0.25) is 3.96 Å². The minimum atomic E-state index is 0.0469. The maximum atomic E-state index is 8.68. The minimum absolute atomic E-state index is 0.0469. The molecule has 1 aromatic rings. The predicted molar refractivity (Wildman–Crippen MR) is 88.0 cm³/mol. The number of amidine groups is 1. The van der Waals surface area contributed by atoms with Gasteiger partial charge in [-0.1, -0.05) is 25.1 Å². The number of aliphatic imine (C=N–C) groups is 1. The standard InChI is InChI=1S/C14H22N4S2/c1-6-7-8-11-9-18(14(2,3)4)20-12(11)17-13(19-5)16-10-15/h9H,6-8H2,1-5H3. The van der Waals surface area contributed by atoms with Gasteiger partial charge in [0.15, 0.2) is 5.17 Å². The van der Waals surface area contributed by atoms with Crippen LogP contribution >= 0.6 is 23.3 Å². The van der Waals surface area contributed by atoms with Gasteiger partial charge in [0.25, 0.3) is 0 Å². The van der Waals surface area contributed by atoms with Crippen molar-refractivity contribution in [3.8, 4) is 6.19 Å². The highest BCUT2D eigenvalue weighted by molar-refractivity contribution is 8.13. The van der Waals surface area contributed by atoms with Crippen LogP contribution in [0.2, 0.25) is 0 Å². The third-order valence-corrected chi connectivity index (χ3v) is 4.64. The van der Waals surface area contributed by atoms with E-state index < -0.39 is 0 Å². The molecule has 0 N–H and O–H groups in total. The van der Waals surface area contributed by atoms with E-state index >= 15 is 0 Å². The van der Waals surface area contributed by atoms with Gasteiger partial charge in [0, 0.05) is 17.3 Å². The van der Waals surface area contributed by atoms with Gasteiger partial charge >= 0.3 is 0 Å². The largest absolute Gasteiger partial charge is 0.298 e. The van der Waals surface area contributed by atoms with Crippen molar-refractivity contribution in [1.29, 1.82) is 5.26 Å². The Morgan fingerprint density at radius 1 is 1.50 bits per heavy atom. The summed E-state index contributed by atoms with van der Waals surface area (Å²) in [6.07, 6.45) is 9.20. The second-order valence-corrected chi connectivity index (χ2v) is 7.20. The predicted octanol–water partition coefficient (Wildman–Crippen LogP) is 3.75. The number of hydrogen-bond donors (Lipinski definition) is 0. The molecule has 0 amide bonds. The Balaban J connectivity index is 3.29. The topological polar surface area (TPSA) is 53.4 Å². The fourth-order valence-corrected chi connectivity index (χ4v) is 2.99. The van der Waals surface area contributed by atoms with Crippen molar-refractivity contribution in [3.63, 3.8) is 0 Å². The van der Waals surface area contributed by atoms with Crippen LogP contribution < -0.4 is 4.67 Å². The second kappa shape index (κ2) is 7.65. The number of thioether (sulfide) groups is 1. The lowest BCUT2D eigenvalue weighted by Gasteiger charge is -2.19. The average Bonchev–Trinajstić information content (AvgIpc) is 2.78. The molecule has 110 valence electrons. The molecule has 0 radical (unpaired) electrons. The summed E-state index contributed by atoms with van der Waals surface area (Å²) in [4.78, 5) is 8.29. The molecule has 0 saturated carbocycles. The first kappa shape index (κ1) is 17.0. The Labute approximate surface area is 129 Å². The van der Waals surface area contributed by atoms with E-state index in [4.69, 9.17) is 5.26 Å². The first-order chi connectivity index (χ1) is 9.42. The summed E-state index contributed by atoms with van der Waals surface area (Å²) < 4.78 is 3.19.